The third-order valence-electron chi connectivity index (χ3n) is 2.99. The maximum Gasteiger partial charge on any atom is 0.366 e. The number of likely N-dealkylation sites (tertiary alicyclic amines) is 1. The van der Waals surface area contributed by atoms with Gasteiger partial charge >= 0.3 is 5.92 Å². The number of pyridine rings is 1. The van der Waals surface area contributed by atoms with E-state index in [-0.39, 0.29) is 13.1 Å². The molecule has 0 aliphatic carbocycles. The van der Waals surface area contributed by atoms with E-state index in [1.165, 1.54) is 25.3 Å². The number of carbonyl (C=O) groups excluding carboxylic acids is 1. The van der Waals surface area contributed by atoms with Crippen LogP contribution in [0.25, 0.3) is 0 Å². The molecule has 18 heavy (non-hydrogen) atoms. The van der Waals surface area contributed by atoms with Crippen LogP contribution in [0.15, 0.2) is 24.4 Å². The van der Waals surface area contributed by atoms with Crippen molar-refractivity contribution < 1.29 is 18.7 Å². The Hall–Kier alpha value is -1.56. The molecule has 0 bridgehead atoms. The van der Waals surface area contributed by atoms with Gasteiger partial charge in [-0.2, -0.15) is 8.78 Å². The Morgan fingerprint density at radius 3 is 2.78 bits per heavy atom. The van der Waals surface area contributed by atoms with Gasteiger partial charge in [-0.25, -0.2) is 0 Å². The summed E-state index contributed by atoms with van der Waals surface area (Å²) in [7, 11) is 0. The Balaban J connectivity index is 2.19. The highest BCUT2D eigenvalue weighted by Gasteiger charge is 2.48. The van der Waals surface area contributed by atoms with Crippen LogP contribution < -0.4 is 0 Å². The molecule has 0 radical (unpaired) electrons. The van der Waals surface area contributed by atoms with Crippen LogP contribution in [0.5, 0.6) is 0 Å². The molecule has 2 rings (SSSR count). The summed E-state index contributed by atoms with van der Waals surface area (Å²) in [6.07, 6.45) is 1.52. The second-order valence-electron chi connectivity index (χ2n) is 4.76. The summed E-state index contributed by atoms with van der Waals surface area (Å²) < 4.78 is 27.8. The maximum atomic E-state index is 13.9. The van der Waals surface area contributed by atoms with Gasteiger partial charge in [0.1, 0.15) is 5.69 Å². The molecule has 4 nitrogen and oxygen atoms in total. The van der Waals surface area contributed by atoms with E-state index in [0.29, 0.717) is 6.42 Å². The molecule has 1 aliphatic rings. The number of alkyl halides is 2. The van der Waals surface area contributed by atoms with Crippen molar-refractivity contribution in [2.24, 2.45) is 0 Å². The predicted molar refractivity (Wildman–Crippen MR) is 60.0 cm³/mol. The minimum absolute atomic E-state index is 0.0751. The van der Waals surface area contributed by atoms with Crippen molar-refractivity contribution in [1.82, 2.24) is 9.88 Å². The Kier molecular flexibility index (Phi) is 3.06. The molecule has 0 saturated carbocycles. The quantitative estimate of drug-likeness (QED) is 0.863. The average Bonchev–Trinajstić information content (AvgIpc) is 2.69. The molecule has 1 N–H and O–H groups in total. The van der Waals surface area contributed by atoms with Gasteiger partial charge < -0.3 is 10.0 Å². The number of hydrogen-bond acceptors (Lipinski definition) is 3. The standard InChI is InChI=1S/C12H14F2N2O2/c1-11(18)5-7-16(8-11)10(17)12(13,14)9-4-2-3-6-15-9/h2-4,6,18H,5,7-8H2,1H3/t11-/m1/s1. The number of aliphatic hydroxyl groups is 1. The fourth-order valence-corrected chi connectivity index (χ4v) is 1.98. The molecule has 6 heteroatoms. The van der Waals surface area contributed by atoms with Crippen LogP contribution >= 0.6 is 0 Å². The van der Waals surface area contributed by atoms with Crippen molar-refractivity contribution in [1.29, 1.82) is 0 Å². The molecule has 1 saturated heterocycles. The number of nitrogens with zero attached hydrogens (tertiary/aromatic N) is 2. The zero-order chi connectivity index (χ0) is 13.4. The van der Waals surface area contributed by atoms with Crippen molar-refractivity contribution >= 4 is 5.91 Å². The van der Waals surface area contributed by atoms with E-state index in [4.69, 9.17) is 0 Å². The number of amides is 1. The Bertz CT molecular complexity index is 449. The van der Waals surface area contributed by atoms with E-state index >= 15 is 0 Å². The van der Waals surface area contributed by atoms with E-state index in [0.717, 1.165) is 11.0 Å². The van der Waals surface area contributed by atoms with E-state index in [1.807, 2.05) is 0 Å². The molecule has 1 aliphatic heterocycles. The first-order chi connectivity index (χ1) is 8.33. The molecule has 1 amide bonds. The molecule has 0 spiro atoms. The zero-order valence-electron chi connectivity index (χ0n) is 9.94. The number of aromatic nitrogens is 1. The van der Waals surface area contributed by atoms with Gasteiger partial charge in [0.2, 0.25) is 0 Å². The normalized spacial score (nSPS) is 24.3. The third-order valence-corrected chi connectivity index (χ3v) is 2.99. The average molecular weight is 256 g/mol. The highest BCUT2D eigenvalue weighted by molar-refractivity contribution is 5.84. The van der Waals surface area contributed by atoms with Gasteiger partial charge in [0.05, 0.1) is 5.60 Å². The van der Waals surface area contributed by atoms with Gasteiger partial charge in [0.25, 0.3) is 5.91 Å². The SMILES string of the molecule is C[C@@]1(O)CCN(C(=O)C(F)(F)c2ccccn2)C1. The fraction of sp³-hybridized carbons (Fsp3) is 0.500. The number of hydrogen-bond donors (Lipinski definition) is 1. The van der Waals surface area contributed by atoms with Gasteiger partial charge in [0, 0.05) is 19.3 Å². The lowest BCUT2D eigenvalue weighted by Crippen LogP contribution is -2.42. The summed E-state index contributed by atoms with van der Waals surface area (Å²) in [6, 6.07) is 4.03. The molecular weight excluding hydrogens is 242 g/mol. The van der Waals surface area contributed by atoms with Crippen LogP contribution in [-0.4, -0.2) is 39.6 Å². The summed E-state index contributed by atoms with van der Waals surface area (Å²) in [4.78, 5) is 16.3. The molecule has 0 unspecified atom stereocenters. The summed E-state index contributed by atoms with van der Waals surface area (Å²) >= 11 is 0. The second kappa shape index (κ2) is 4.28. The van der Waals surface area contributed by atoms with Crippen LogP contribution in [0.1, 0.15) is 19.0 Å². The molecule has 1 atom stereocenters. The smallest absolute Gasteiger partial charge is 0.366 e. The van der Waals surface area contributed by atoms with Crippen molar-refractivity contribution in [3.8, 4) is 0 Å². The summed E-state index contributed by atoms with van der Waals surface area (Å²) in [5, 5.41) is 9.70. The molecule has 98 valence electrons. The summed E-state index contributed by atoms with van der Waals surface area (Å²) in [5.41, 5.74) is -1.66. The number of halogens is 2. The van der Waals surface area contributed by atoms with Crippen LogP contribution in [0.2, 0.25) is 0 Å². The number of rotatable bonds is 2. The molecule has 2 heterocycles. The minimum atomic E-state index is -3.65. The number of carbonyl (C=O) groups is 1. The lowest BCUT2D eigenvalue weighted by Gasteiger charge is -2.23. The van der Waals surface area contributed by atoms with E-state index in [1.54, 1.807) is 0 Å². The molecule has 0 aromatic carbocycles. The van der Waals surface area contributed by atoms with Gasteiger partial charge in [-0.15, -0.1) is 0 Å². The zero-order valence-corrected chi connectivity index (χ0v) is 9.94. The molecule has 1 aromatic heterocycles. The van der Waals surface area contributed by atoms with Crippen LogP contribution in [0.3, 0.4) is 0 Å². The van der Waals surface area contributed by atoms with Crippen molar-refractivity contribution in [2.45, 2.75) is 24.9 Å². The van der Waals surface area contributed by atoms with Gasteiger partial charge in [-0.3, -0.25) is 9.78 Å². The predicted octanol–water partition coefficient (Wildman–Crippen LogP) is 1.16. The first-order valence-electron chi connectivity index (χ1n) is 5.64. The monoisotopic (exact) mass is 256 g/mol. The topological polar surface area (TPSA) is 53.4 Å². The van der Waals surface area contributed by atoms with Crippen LogP contribution in [0.4, 0.5) is 8.78 Å². The Labute approximate surface area is 103 Å². The second-order valence-corrected chi connectivity index (χ2v) is 4.76. The first-order valence-corrected chi connectivity index (χ1v) is 5.64. The lowest BCUT2D eigenvalue weighted by molar-refractivity contribution is -0.159. The fourth-order valence-electron chi connectivity index (χ4n) is 1.98. The van der Waals surface area contributed by atoms with Gasteiger partial charge in [0.15, 0.2) is 0 Å². The highest BCUT2D eigenvalue weighted by Crippen LogP contribution is 2.31. The molecule has 1 aromatic rings. The van der Waals surface area contributed by atoms with Crippen molar-refractivity contribution in [2.75, 3.05) is 13.1 Å². The Morgan fingerprint density at radius 1 is 1.56 bits per heavy atom. The molecular formula is C12H14F2N2O2. The minimum Gasteiger partial charge on any atom is -0.388 e. The largest absolute Gasteiger partial charge is 0.388 e. The van der Waals surface area contributed by atoms with E-state index < -0.39 is 23.1 Å². The first kappa shape index (κ1) is 12.9. The van der Waals surface area contributed by atoms with Crippen LogP contribution in [-0.2, 0) is 10.7 Å². The Morgan fingerprint density at radius 2 is 2.28 bits per heavy atom. The summed E-state index contributed by atoms with van der Waals surface area (Å²) in [5.74, 6) is -4.96. The third kappa shape index (κ3) is 2.33. The van der Waals surface area contributed by atoms with Crippen molar-refractivity contribution in [3.05, 3.63) is 30.1 Å². The lowest BCUT2D eigenvalue weighted by atomic mass is 10.1. The van der Waals surface area contributed by atoms with Crippen molar-refractivity contribution in [3.63, 3.8) is 0 Å². The summed E-state index contributed by atoms with van der Waals surface area (Å²) in [6.45, 7) is 1.59. The van der Waals surface area contributed by atoms with Gasteiger partial charge in [-0.05, 0) is 25.5 Å². The molecule has 1 fully saturated rings. The highest BCUT2D eigenvalue weighted by atomic mass is 19.3. The van der Waals surface area contributed by atoms with Gasteiger partial charge in [-0.1, -0.05) is 6.07 Å². The van der Waals surface area contributed by atoms with E-state index in [9.17, 15) is 18.7 Å². The number of β-amino-alcohol motifs (C(OH)–C–C–N with tert-alkyl or cyclic N) is 1. The van der Waals surface area contributed by atoms with Crippen LogP contribution in [0, 0.1) is 0 Å². The maximum absolute atomic E-state index is 13.9. The van der Waals surface area contributed by atoms with E-state index in [2.05, 4.69) is 4.98 Å².